The summed E-state index contributed by atoms with van der Waals surface area (Å²) in [4.78, 5) is 15.7. The number of amides is 2. The van der Waals surface area contributed by atoms with Crippen LogP contribution in [0.25, 0.3) is 11.1 Å². The summed E-state index contributed by atoms with van der Waals surface area (Å²) in [5, 5.41) is 16.3. The summed E-state index contributed by atoms with van der Waals surface area (Å²) in [6, 6.07) is 25.0. The van der Waals surface area contributed by atoms with Crippen LogP contribution in [0.4, 0.5) is 4.79 Å². The van der Waals surface area contributed by atoms with Crippen molar-refractivity contribution in [3.63, 3.8) is 0 Å². The molecule has 0 radical (unpaired) electrons. The fourth-order valence-corrected chi connectivity index (χ4v) is 10.9. The number of likely N-dealkylation sites (tertiary alicyclic amines) is 1. The molecule has 7 fully saturated rings. The van der Waals surface area contributed by atoms with E-state index in [2.05, 4.69) is 83.1 Å². The molecule has 3 saturated heterocycles. The van der Waals surface area contributed by atoms with E-state index in [0.29, 0.717) is 19.8 Å². The molecule has 4 bridgehead atoms. The van der Waals surface area contributed by atoms with Gasteiger partial charge >= 0.3 is 6.03 Å². The third-order valence-electron chi connectivity index (χ3n) is 13.3. The maximum Gasteiger partial charge on any atom is 0.315 e. The van der Waals surface area contributed by atoms with Gasteiger partial charge in [0, 0.05) is 56.0 Å². The summed E-state index contributed by atoms with van der Waals surface area (Å²) in [5.74, 6) is 2.08. The van der Waals surface area contributed by atoms with Crippen molar-refractivity contribution in [2.75, 3.05) is 32.8 Å². The number of nitrogens with zero attached hydrogens (tertiary/aromatic N) is 1. The number of piperidine rings is 1. The molecule has 2 amide bonds. The highest BCUT2D eigenvalue weighted by atomic mass is 16.7. The Hall–Kier alpha value is -3.31. The number of rotatable bonds is 9. The summed E-state index contributed by atoms with van der Waals surface area (Å²) in [5.41, 5.74) is 6.17. The first kappa shape index (κ1) is 35.4. The van der Waals surface area contributed by atoms with Gasteiger partial charge in [0.05, 0.1) is 32.0 Å². The first-order valence-electron chi connectivity index (χ1n) is 20.1. The number of hydrogen-bond acceptors (Lipinski definition) is 7. The fraction of sp³-hybridized carbons (Fsp3) is 0.568. The van der Waals surface area contributed by atoms with Crippen molar-refractivity contribution in [1.29, 1.82) is 0 Å². The van der Waals surface area contributed by atoms with Crippen molar-refractivity contribution in [2.24, 2.45) is 23.7 Å². The summed E-state index contributed by atoms with van der Waals surface area (Å²) in [6.45, 7) is 6.67. The SMILES string of the molecule is C[C@H]1[C@@H](CN2CCC3(CC2)OCCO3)O[C@@H](c2cccc(-c3cccc(CNC(=O)NC45CC6CC(CC(C6)C4)C5)c3)c2)O[C@H]1c1ccc(CO)cc1. The van der Waals surface area contributed by atoms with Gasteiger partial charge in [-0.25, -0.2) is 4.79 Å². The Bertz CT molecular complexity index is 1710. The average molecular weight is 722 g/mol. The maximum absolute atomic E-state index is 13.2. The van der Waals surface area contributed by atoms with Gasteiger partial charge in [-0.15, -0.1) is 0 Å². The molecule has 3 aromatic rings. The van der Waals surface area contributed by atoms with E-state index in [4.69, 9.17) is 18.9 Å². The summed E-state index contributed by atoms with van der Waals surface area (Å²) in [6.07, 6.45) is 8.47. The highest BCUT2D eigenvalue weighted by Gasteiger charge is 2.51. The van der Waals surface area contributed by atoms with Gasteiger partial charge in [0.1, 0.15) is 0 Å². The van der Waals surface area contributed by atoms with E-state index in [0.717, 1.165) is 103 Å². The summed E-state index contributed by atoms with van der Waals surface area (Å²) in [7, 11) is 0. The van der Waals surface area contributed by atoms with Gasteiger partial charge in [-0.1, -0.05) is 67.6 Å². The minimum atomic E-state index is -0.547. The van der Waals surface area contributed by atoms with Crippen LogP contribution in [-0.4, -0.2) is 66.3 Å². The normalized spacial score (nSPS) is 33.3. The van der Waals surface area contributed by atoms with E-state index in [1.165, 1.54) is 19.3 Å². The second-order valence-electron chi connectivity index (χ2n) is 17.1. The monoisotopic (exact) mass is 721 g/mol. The highest BCUT2D eigenvalue weighted by molar-refractivity contribution is 5.75. The van der Waals surface area contributed by atoms with Gasteiger partial charge in [0.2, 0.25) is 0 Å². The molecule has 4 atom stereocenters. The van der Waals surface area contributed by atoms with Crippen LogP contribution in [-0.2, 0) is 32.1 Å². The van der Waals surface area contributed by atoms with Crippen molar-refractivity contribution < 1.29 is 28.8 Å². The standard InChI is InChI=1S/C44H55N3O6/c1-29-39(27-47-14-12-44(13-15-47)50-16-17-51-44)52-41(53-40(29)35-10-8-30(28-48)9-11-35)38-7-3-6-37(22-38)36-5-2-4-31(21-36)26-45-42(49)46-43-23-32-18-33(24-43)20-34(19-32)25-43/h2-11,21-22,29,32-34,39-41,48H,12-20,23-28H2,1H3,(H2,45,46,49)/t29-,32?,33?,34?,39+,40+,41+,43?/m0/s1. The van der Waals surface area contributed by atoms with E-state index in [1.54, 1.807) is 0 Å². The lowest BCUT2D eigenvalue weighted by atomic mass is 9.53. The predicted octanol–water partition coefficient (Wildman–Crippen LogP) is 7.24. The molecular formula is C44H55N3O6. The number of carbonyl (C=O) groups excluding carboxylic acids is 1. The Morgan fingerprint density at radius 3 is 2.15 bits per heavy atom. The quantitative estimate of drug-likeness (QED) is 0.214. The molecule has 9 heteroatoms. The topological polar surface area (TPSA) is 102 Å². The molecule has 10 rings (SSSR count). The number of ether oxygens (including phenoxy) is 4. The molecule has 4 aliphatic carbocycles. The van der Waals surface area contributed by atoms with Crippen molar-refractivity contribution in [1.82, 2.24) is 15.5 Å². The zero-order valence-corrected chi connectivity index (χ0v) is 31.0. The number of benzene rings is 3. The van der Waals surface area contributed by atoms with Gasteiger partial charge in [0.25, 0.3) is 0 Å². The molecule has 3 heterocycles. The number of aliphatic hydroxyl groups excluding tert-OH is 1. The lowest BCUT2D eigenvalue weighted by Crippen LogP contribution is -2.61. The van der Waals surface area contributed by atoms with Gasteiger partial charge in [0.15, 0.2) is 12.1 Å². The van der Waals surface area contributed by atoms with Crippen LogP contribution in [0, 0.1) is 23.7 Å². The van der Waals surface area contributed by atoms with E-state index in [9.17, 15) is 9.90 Å². The zero-order chi connectivity index (χ0) is 36.0. The van der Waals surface area contributed by atoms with Crippen LogP contribution < -0.4 is 10.6 Å². The molecule has 282 valence electrons. The predicted molar refractivity (Wildman–Crippen MR) is 201 cm³/mol. The van der Waals surface area contributed by atoms with Crippen molar-refractivity contribution >= 4 is 6.03 Å². The number of hydrogen-bond donors (Lipinski definition) is 3. The molecule has 3 N–H and O–H groups in total. The average Bonchev–Trinajstić information content (AvgIpc) is 3.63. The molecule has 9 nitrogen and oxygen atoms in total. The van der Waals surface area contributed by atoms with Crippen molar-refractivity contribution in [2.45, 2.75) is 101 Å². The second-order valence-corrected chi connectivity index (χ2v) is 17.1. The minimum Gasteiger partial charge on any atom is -0.392 e. The number of carbonyl (C=O) groups is 1. The third kappa shape index (κ3) is 7.53. The smallest absolute Gasteiger partial charge is 0.315 e. The molecule has 7 aliphatic rings. The Labute approximate surface area is 313 Å². The molecule has 0 unspecified atom stereocenters. The van der Waals surface area contributed by atoms with Crippen molar-refractivity contribution in [3.8, 4) is 11.1 Å². The molecule has 1 spiro atoms. The highest BCUT2D eigenvalue weighted by Crippen LogP contribution is 2.55. The Morgan fingerprint density at radius 1 is 0.811 bits per heavy atom. The first-order chi connectivity index (χ1) is 25.8. The Morgan fingerprint density at radius 2 is 1.47 bits per heavy atom. The van der Waals surface area contributed by atoms with E-state index in [-0.39, 0.29) is 36.3 Å². The largest absolute Gasteiger partial charge is 0.392 e. The number of aliphatic hydroxyl groups is 1. The van der Waals surface area contributed by atoms with Crippen molar-refractivity contribution in [3.05, 3.63) is 95.1 Å². The number of nitrogens with one attached hydrogen (secondary N) is 2. The fourth-order valence-electron chi connectivity index (χ4n) is 10.9. The summed E-state index contributed by atoms with van der Waals surface area (Å²) >= 11 is 0. The molecule has 3 aromatic carbocycles. The van der Waals surface area contributed by atoms with Crippen LogP contribution >= 0.6 is 0 Å². The van der Waals surface area contributed by atoms with Crippen LogP contribution in [0.15, 0.2) is 72.8 Å². The van der Waals surface area contributed by atoms with E-state index >= 15 is 0 Å². The van der Waals surface area contributed by atoms with E-state index in [1.807, 2.05) is 12.1 Å². The van der Waals surface area contributed by atoms with Crippen LogP contribution in [0.5, 0.6) is 0 Å². The lowest BCUT2D eigenvalue weighted by Gasteiger charge is -2.56. The van der Waals surface area contributed by atoms with Gasteiger partial charge in [-0.3, -0.25) is 0 Å². The minimum absolute atomic E-state index is 0.000927. The van der Waals surface area contributed by atoms with Gasteiger partial charge in [-0.2, -0.15) is 0 Å². The molecular weight excluding hydrogens is 666 g/mol. The van der Waals surface area contributed by atoms with E-state index < -0.39 is 12.1 Å². The Kier molecular flexibility index (Phi) is 9.84. The number of urea groups is 1. The molecule has 3 aliphatic heterocycles. The first-order valence-corrected chi connectivity index (χ1v) is 20.1. The van der Waals surface area contributed by atoms with Gasteiger partial charge < -0.3 is 39.6 Å². The van der Waals surface area contributed by atoms with Crippen LogP contribution in [0.2, 0.25) is 0 Å². The van der Waals surface area contributed by atoms with Gasteiger partial charge in [-0.05, 0) is 96.2 Å². The summed E-state index contributed by atoms with van der Waals surface area (Å²) < 4.78 is 25.7. The molecule has 4 saturated carbocycles. The third-order valence-corrected chi connectivity index (χ3v) is 13.3. The van der Waals surface area contributed by atoms with Crippen LogP contribution in [0.3, 0.4) is 0 Å². The molecule has 53 heavy (non-hydrogen) atoms. The second kappa shape index (κ2) is 14.7. The maximum atomic E-state index is 13.2. The molecule has 0 aromatic heterocycles. The lowest BCUT2D eigenvalue weighted by molar-refractivity contribution is -0.278. The zero-order valence-electron chi connectivity index (χ0n) is 31.0. The van der Waals surface area contributed by atoms with Crippen LogP contribution in [0.1, 0.15) is 92.9 Å². The Balaban J connectivity index is 0.890.